The highest BCUT2D eigenvalue weighted by molar-refractivity contribution is 5.45. The van der Waals surface area contributed by atoms with Crippen molar-refractivity contribution in [2.75, 3.05) is 5.73 Å². The Labute approximate surface area is 112 Å². The van der Waals surface area contributed by atoms with Gasteiger partial charge >= 0.3 is 0 Å². The van der Waals surface area contributed by atoms with Gasteiger partial charge in [-0.25, -0.2) is 0 Å². The molecule has 0 fully saturated rings. The summed E-state index contributed by atoms with van der Waals surface area (Å²) < 4.78 is 28.7. The highest BCUT2D eigenvalue weighted by Gasteiger charge is 2.33. The fourth-order valence-corrected chi connectivity index (χ4v) is 2.07. The zero-order valence-corrected chi connectivity index (χ0v) is 10.9. The van der Waals surface area contributed by atoms with E-state index in [0.717, 1.165) is 18.4 Å². The van der Waals surface area contributed by atoms with Crippen LogP contribution in [0.2, 0.25) is 0 Å². The highest BCUT2D eigenvalue weighted by Crippen LogP contribution is 2.36. The molecule has 2 N–H and O–H groups in total. The summed E-state index contributed by atoms with van der Waals surface area (Å²) in [6.07, 6.45) is 1.91. The zero-order chi connectivity index (χ0) is 13.9. The molecule has 0 atom stereocenters. The van der Waals surface area contributed by atoms with Gasteiger partial charge < -0.3 is 5.73 Å². The summed E-state index contributed by atoms with van der Waals surface area (Å²) in [5.74, 6) is -3.01. The third-order valence-corrected chi connectivity index (χ3v) is 3.10. The number of anilines is 1. The minimum Gasteiger partial charge on any atom is -0.399 e. The lowest BCUT2D eigenvalue weighted by Crippen LogP contribution is -2.15. The molecule has 0 heterocycles. The minimum absolute atomic E-state index is 0.00190. The van der Waals surface area contributed by atoms with Gasteiger partial charge in [-0.2, -0.15) is 8.78 Å². The molecule has 0 aliphatic rings. The summed E-state index contributed by atoms with van der Waals surface area (Å²) in [6, 6.07) is 12.4. The van der Waals surface area contributed by atoms with E-state index in [1.807, 2.05) is 0 Å². The van der Waals surface area contributed by atoms with Crippen LogP contribution in [0.3, 0.4) is 0 Å². The molecule has 1 nitrogen and oxygen atoms in total. The fourth-order valence-electron chi connectivity index (χ4n) is 2.07. The Balaban J connectivity index is 2.33. The van der Waals surface area contributed by atoms with E-state index in [1.165, 1.54) is 24.3 Å². The molecule has 0 amide bonds. The van der Waals surface area contributed by atoms with E-state index < -0.39 is 5.92 Å². The Kier molecular flexibility index (Phi) is 3.84. The molecule has 3 heteroatoms. The first-order chi connectivity index (χ1) is 9.04. The van der Waals surface area contributed by atoms with Crippen LogP contribution in [0.4, 0.5) is 14.5 Å². The number of halogens is 2. The lowest BCUT2D eigenvalue weighted by atomic mass is 9.98. The molecular weight excluding hydrogens is 244 g/mol. The van der Waals surface area contributed by atoms with Crippen molar-refractivity contribution in [2.45, 2.75) is 25.7 Å². The average molecular weight is 261 g/mol. The maximum atomic E-state index is 14.3. The van der Waals surface area contributed by atoms with Crippen LogP contribution in [0.5, 0.6) is 0 Å². The lowest BCUT2D eigenvalue weighted by Gasteiger charge is -2.18. The second kappa shape index (κ2) is 5.39. The van der Waals surface area contributed by atoms with E-state index in [4.69, 9.17) is 5.73 Å². The first kappa shape index (κ1) is 13.5. The van der Waals surface area contributed by atoms with Crippen molar-refractivity contribution in [2.24, 2.45) is 0 Å². The third kappa shape index (κ3) is 2.92. The molecule has 0 saturated carbocycles. The van der Waals surface area contributed by atoms with E-state index in [1.54, 1.807) is 24.3 Å². The number of hydrogen-bond acceptors (Lipinski definition) is 1. The zero-order valence-electron chi connectivity index (χ0n) is 10.9. The average Bonchev–Trinajstić information content (AvgIpc) is 2.40. The molecule has 19 heavy (non-hydrogen) atoms. The molecule has 2 aromatic carbocycles. The summed E-state index contributed by atoms with van der Waals surface area (Å²) in [6.45, 7) is 2.06. The third-order valence-electron chi connectivity index (χ3n) is 3.10. The molecule has 0 spiro atoms. The van der Waals surface area contributed by atoms with E-state index >= 15 is 0 Å². The maximum absolute atomic E-state index is 14.3. The van der Waals surface area contributed by atoms with Gasteiger partial charge in [-0.1, -0.05) is 49.7 Å². The van der Waals surface area contributed by atoms with E-state index in [2.05, 4.69) is 6.92 Å². The summed E-state index contributed by atoms with van der Waals surface area (Å²) in [5, 5.41) is 0. The van der Waals surface area contributed by atoms with Gasteiger partial charge in [-0.05, 0) is 24.1 Å². The quantitative estimate of drug-likeness (QED) is 0.813. The van der Waals surface area contributed by atoms with Crippen LogP contribution in [-0.2, 0) is 12.3 Å². The van der Waals surface area contributed by atoms with Crippen LogP contribution >= 0.6 is 0 Å². The monoisotopic (exact) mass is 261 g/mol. The van der Waals surface area contributed by atoms with Crippen LogP contribution in [0.25, 0.3) is 0 Å². The summed E-state index contributed by atoms with van der Waals surface area (Å²) in [4.78, 5) is 0. The molecule has 0 radical (unpaired) electrons. The lowest BCUT2D eigenvalue weighted by molar-refractivity contribution is 0.0429. The summed E-state index contributed by atoms with van der Waals surface area (Å²) >= 11 is 0. The van der Waals surface area contributed by atoms with Gasteiger partial charge in [0.1, 0.15) is 0 Å². The van der Waals surface area contributed by atoms with Gasteiger partial charge in [0.15, 0.2) is 0 Å². The number of alkyl halides is 2. The topological polar surface area (TPSA) is 26.0 Å². The SMILES string of the molecule is CCCc1ccc(C(F)(F)c2cccc(N)c2)cc1. The molecule has 0 saturated heterocycles. The van der Waals surface area contributed by atoms with Gasteiger partial charge in [0, 0.05) is 16.8 Å². The summed E-state index contributed by atoms with van der Waals surface area (Å²) in [7, 11) is 0. The molecule has 2 aromatic rings. The van der Waals surface area contributed by atoms with Crippen molar-refractivity contribution < 1.29 is 8.78 Å². The van der Waals surface area contributed by atoms with E-state index in [0.29, 0.717) is 5.69 Å². The van der Waals surface area contributed by atoms with Gasteiger partial charge in [0.25, 0.3) is 5.92 Å². The van der Waals surface area contributed by atoms with Crippen molar-refractivity contribution in [3.05, 3.63) is 65.2 Å². The normalized spacial score (nSPS) is 11.5. The molecular formula is C16H17F2N. The van der Waals surface area contributed by atoms with Crippen molar-refractivity contribution >= 4 is 5.69 Å². The molecule has 2 rings (SSSR count). The van der Waals surface area contributed by atoms with Crippen LogP contribution in [-0.4, -0.2) is 0 Å². The fraction of sp³-hybridized carbons (Fsp3) is 0.250. The number of rotatable bonds is 4. The van der Waals surface area contributed by atoms with Crippen LogP contribution in [0, 0.1) is 0 Å². The molecule has 100 valence electrons. The first-order valence-electron chi connectivity index (χ1n) is 6.37. The van der Waals surface area contributed by atoms with Gasteiger partial charge in [-0.15, -0.1) is 0 Å². The highest BCUT2D eigenvalue weighted by atomic mass is 19.3. The maximum Gasteiger partial charge on any atom is 0.298 e. The second-order valence-corrected chi connectivity index (χ2v) is 4.65. The Morgan fingerprint density at radius 3 is 2.26 bits per heavy atom. The van der Waals surface area contributed by atoms with Crippen LogP contribution in [0.15, 0.2) is 48.5 Å². The van der Waals surface area contributed by atoms with Gasteiger partial charge in [0.05, 0.1) is 0 Å². The number of hydrogen-bond donors (Lipinski definition) is 1. The van der Waals surface area contributed by atoms with Crippen molar-refractivity contribution in [3.63, 3.8) is 0 Å². The first-order valence-corrected chi connectivity index (χ1v) is 6.37. The van der Waals surface area contributed by atoms with E-state index in [-0.39, 0.29) is 11.1 Å². The van der Waals surface area contributed by atoms with E-state index in [9.17, 15) is 8.78 Å². The van der Waals surface area contributed by atoms with Crippen molar-refractivity contribution in [1.29, 1.82) is 0 Å². The largest absolute Gasteiger partial charge is 0.399 e. The smallest absolute Gasteiger partial charge is 0.298 e. The number of nitrogens with two attached hydrogens (primary N) is 1. The van der Waals surface area contributed by atoms with Crippen molar-refractivity contribution in [1.82, 2.24) is 0 Å². The second-order valence-electron chi connectivity index (χ2n) is 4.65. The van der Waals surface area contributed by atoms with Crippen molar-refractivity contribution in [3.8, 4) is 0 Å². The molecule has 0 unspecified atom stereocenters. The van der Waals surface area contributed by atoms with Crippen LogP contribution < -0.4 is 5.73 Å². The van der Waals surface area contributed by atoms with Gasteiger partial charge in [-0.3, -0.25) is 0 Å². The molecule has 0 aromatic heterocycles. The number of nitrogen functional groups attached to an aromatic ring is 1. The molecule has 0 bridgehead atoms. The minimum atomic E-state index is -3.01. The standard InChI is InChI=1S/C16H17F2N/c1-2-4-12-7-9-13(10-8-12)16(17,18)14-5-3-6-15(19)11-14/h3,5-11H,2,4,19H2,1H3. The number of benzene rings is 2. The predicted octanol–water partition coefficient (Wildman–Crippen LogP) is 4.36. The summed E-state index contributed by atoms with van der Waals surface area (Å²) in [5.41, 5.74) is 6.91. The van der Waals surface area contributed by atoms with Gasteiger partial charge in [0.2, 0.25) is 0 Å². The number of aryl methyl sites for hydroxylation is 1. The Morgan fingerprint density at radius 1 is 1.00 bits per heavy atom. The predicted molar refractivity (Wildman–Crippen MR) is 74.3 cm³/mol. The Bertz CT molecular complexity index is 547. The Hall–Kier alpha value is -1.90. The van der Waals surface area contributed by atoms with Crippen LogP contribution in [0.1, 0.15) is 30.0 Å². The molecule has 0 aliphatic heterocycles. The molecule has 0 aliphatic carbocycles. The Morgan fingerprint density at radius 2 is 1.68 bits per heavy atom.